The van der Waals surface area contributed by atoms with E-state index in [9.17, 15) is 14.9 Å². The van der Waals surface area contributed by atoms with Crippen molar-refractivity contribution in [3.63, 3.8) is 0 Å². The van der Waals surface area contributed by atoms with Crippen molar-refractivity contribution >= 4 is 29.0 Å². The molecule has 0 saturated carbocycles. The third-order valence-electron chi connectivity index (χ3n) is 3.00. The van der Waals surface area contributed by atoms with Crippen molar-refractivity contribution in [1.82, 2.24) is 0 Å². The summed E-state index contributed by atoms with van der Waals surface area (Å²) in [6, 6.07) is 8.78. The highest BCUT2D eigenvalue weighted by molar-refractivity contribution is 6.33. The van der Waals surface area contributed by atoms with Crippen LogP contribution in [0.25, 0.3) is 0 Å². The van der Waals surface area contributed by atoms with Crippen molar-refractivity contribution in [3.8, 4) is 0 Å². The van der Waals surface area contributed by atoms with Crippen LogP contribution in [0.1, 0.15) is 10.4 Å². The maximum absolute atomic E-state index is 11.9. The quantitative estimate of drug-likeness (QED) is 0.212. The molecule has 0 saturated heterocycles. The molecule has 4 nitrogen and oxygen atoms in total. The third-order valence-corrected chi connectivity index (χ3v) is 4.07. The van der Waals surface area contributed by atoms with Crippen molar-refractivity contribution in [3.05, 3.63) is 82.0 Å². The summed E-state index contributed by atoms with van der Waals surface area (Å²) in [4.78, 5) is 20.3. The van der Waals surface area contributed by atoms with Gasteiger partial charge in [-0.05, 0) is 23.3 Å². The minimum Gasteiger partial charge on any atom is -0.289 e. The summed E-state index contributed by atoms with van der Waals surface area (Å²) in [7, 11) is 0. The first-order chi connectivity index (χ1) is 9.93. The number of carbonyl (C=O) groups is 1. The first-order valence-corrected chi connectivity index (χ1v) is 6.91. The molecule has 0 spiro atoms. The molecule has 108 valence electrons. The van der Waals surface area contributed by atoms with E-state index in [4.69, 9.17) is 23.2 Å². The lowest BCUT2D eigenvalue weighted by molar-refractivity contribution is -0.526. The summed E-state index contributed by atoms with van der Waals surface area (Å²) in [5.74, 6) is -0.159. The van der Waals surface area contributed by atoms with Gasteiger partial charge in [-0.1, -0.05) is 48.6 Å². The van der Waals surface area contributed by atoms with E-state index in [0.29, 0.717) is 11.1 Å². The smallest absolute Gasteiger partial charge is 0.289 e. The molecule has 21 heavy (non-hydrogen) atoms. The third kappa shape index (κ3) is 3.40. The lowest BCUT2D eigenvalue weighted by atomic mass is 10.0. The Balaban J connectivity index is 2.12. The molecule has 2 rings (SSSR count). The maximum Gasteiger partial charge on any atom is 0.333 e. The Labute approximate surface area is 131 Å². The number of alkyl halides is 2. The first kappa shape index (κ1) is 15.5. The Hall–Kier alpha value is -1.91. The van der Waals surface area contributed by atoms with Gasteiger partial charge in [-0.3, -0.25) is 14.9 Å². The van der Waals surface area contributed by atoms with Crippen molar-refractivity contribution in [1.29, 1.82) is 0 Å². The fraction of sp³-hybridized carbons (Fsp3) is 0.133. The first-order valence-electron chi connectivity index (χ1n) is 6.09. The van der Waals surface area contributed by atoms with Crippen LogP contribution in [0.4, 0.5) is 0 Å². The topological polar surface area (TPSA) is 60.2 Å². The number of hydrogen-bond acceptors (Lipinski definition) is 3. The van der Waals surface area contributed by atoms with Crippen molar-refractivity contribution < 1.29 is 9.72 Å². The van der Waals surface area contributed by atoms with Gasteiger partial charge in [-0.2, -0.15) is 0 Å². The monoisotopic (exact) mass is 323 g/mol. The number of ketones is 1. The summed E-state index contributed by atoms with van der Waals surface area (Å²) in [6.07, 6.45) is 7.09. The van der Waals surface area contributed by atoms with Gasteiger partial charge in [-0.25, -0.2) is 0 Å². The van der Waals surface area contributed by atoms with Gasteiger partial charge in [0.25, 0.3) is 0 Å². The summed E-state index contributed by atoms with van der Waals surface area (Å²) >= 11 is 11.8. The summed E-state index contributed by atoms with van der Waals surface area (Å²) < 4.78 is 0. The van der Waals surface area contributed by atoms with Crippen LogP contribution in [-0.4, -0.2) is 21.1 Å². The van der Waals surface area contributed by atoms with E-state index >= 15 is 0 Å². The average Bonchev–Trinajstić information content (AvgIpc) is 2.49. The van der Waals surface area contributed by atoms with Crippen LogP contribution in [0.2, 0.25) is 0 Å². The molecule has 0 radical (unpaired) electrons. The van der Waals surface area contributed by atoms with Crippen LogP contribution in [0, 0.1) is 10.1 Å². The molecule has 2 atom stereocenters. The minimum absolute atomic E-state index is 0.159. The Morgan fingerprint density at radius 3 is 2.57 bits per heavy atom. The van der Waals surface area contributed by atoms with Gasteiger partial charge >= 0.3 is 5.00 Å². The maximum atomic E-state index is 11.9. The molecule has 0 N–H and O–H groups in total. The lowest BCUT2D eigenvalue weighted by Gasteiger charge is -2.21. The van der Waals surface area contributed by atoms with Crippen LogP contribution in [0.3, 0.4) is 0 Å². The van der Waals surface area contributed by atoms with Crippen LogP contribution in [-0.2, 0) is 0 Å². The number of rotatable bonds is 4. The van der Waals surface area contributed by atoms with Gasteiger partial charge in [-0.15, -0.1) is 11.6 Å². The SMILES string of the molecule is O=C(/C=C/C1=CC(Cl)C(Cl)([N+](=O)[O-])C=C1)c1ccccc1. The molecule has 0 aliphatic heterocycles. The van der Waals surface area contributed by atoms with Crippen molar-refractivity contribution in [2.24, 2.45) is 0 Å². The molecular weight excluding hydrogens is 313 g/mol. The molecule has 1 aromatic rings. The number of nitrogens with zero attached hydrogens (tertiary/aromatic N) is 1. The second kappa shape index (κ2) is 6.24. The zero-order valence-corrected chi connectivity index (χ0v) is 12.3. The Morgan fingerprint density at radius 2 is 2.00 bits per heavy atom. The summed E-state index contributed by atoms with van der Waals surface area (Å²) in [5, 5.41) is 9.89. The Kier molecular flexibility index (Phi) is 4.60. The number of carbonyl (C=O) groups excluding carboxylic acids is 1. The zero-order valence-electron chi connectivity index (χ0n) is 10.8. The summed E-state index contributed by atoms with van der Waals surface area (Å²) in [6.45, 7) is 0. The molecule has 1 aliphatic rings. The average molecular weight is 324 g/mol. The molecule has 0 heterocycles. The van der Waals surface area contributed by atoms with Crippen LogP contribution < -0.4 is 0 Å². The largest absolute Gasteiger partial charge is 0.333 e. The van der Waals surface area contributed by atoms with Gasteiger partial charge in [0.05, 0.1) is 0 Å². The lowest BCUT2D eigenvalue weighted by Crippen LogP contribution is -2.39. The van der Waals surface area contributed by atoms with Crippen LogP contribution in [0.5, 0.6) is 0 Å². The molecule has 0 amide bonds. The predicted molar refractivity (Wildman–Crippen MR) is 82.4 cm³/mol. The zero-order chi connectivity index (χ0) is 15.5. The van der Waals surface area contributed by atoms with Gasteiger partial charge in [0.2, 0.25) is 0 Å². The summed E-state index contributed by atoms with van der Waals surface area (Å²) in [5.41, 5.74) is 1.16. The van der Waals surface area contributed by atoms with Crippen molar-refractivity contribution in [2.45, 2.75) is 10.4 Å². The molecule has 1 aromatic carbocycles. The van der Waals surface area contributed by atoms with Gasteiger partial charge in [0.15, 0.2) is 5.78 Å². The number of allylic oxidation sites excluding steroid dienone is 4. The molecule has 0 aromatic heterocycles. The van der Waals surface area contributed by atoms with E-state index in [1.165, 1.54) is 24.3 Å². The van der Waals surface area contributed by atoms with E-state index in [2.05, 4.69) is 0 Å². The second-order valence-corrected chi connectivity index (χ2v) is 5.53. The van der Waals surface area contributed by atoms with Gasteiger partial charge < -0.3 is 0 Å². The van der Waals surface area contributed by atoms with Crippen molar-refractivity contribution in [2.75, 3.05) is 0 Å². The molecule has 6 heteroatoms. The number of nitro groups is 1. The number of benzene rings is 1. The van der Waals surface area contributed by atoms with Crippen LogP contribution in [0.15, 0.2) is 66.3 Å². The standard InChI is InChI=1S/C15H11Cl2NO3/c16-14-10-11(8-9-15(14,17)18(20)21)6-7-13(19)12-4-2-1-3-5-12/h1-10,14H/b7-6+. The van der Waals surface area contributed by atoms with Crippen LogP contribution >= 0.6 is 23.2 Å². The number of halogens is 2. The highest BCUT2D eigenvalue weighted by Gasteiger charge is 2.46. The van der Waals surface area contributed by atoms with Gasteiger partial charge in [0.1, 0.15) is 5.38 Å². The predicted octanol–water partition coefficient (Wildman–Crippen LogP) is 3.74. The highest BCUT2D eigenvalue weighted by Crippen LogP contribution is 2.32. The van der Waals surface area contributed by atoms with E-state index in [1.54, 1.807) is 30.3 Å². The normalized spacial score (nSPS) is 24.9. The fourth-order valence-corrected chi connectivity index (χ4v) is 2.21. The Morgan fingerprint density at radius 1 is 1.33 bits per heavy atom. The molecular formula is C15H11Cl2NO3. The van der Waals surface area contributed by atoms with E-state index in [0.717, 1.165) is 0 Å². The van der Waals surface area contributed by atoms with E-state index in [1.807, 2.05) is 6.07 Å². The van der Waals surface area contributed by atoms with E-state index < -0.39 is 15.3 Å². The molecule has 0 fully saturated rings. The minimum atomic E-state index is -1.84. The molecule has 2 unspecified atom stereocenters. The Bertz CT molecular complexity index is 652. The molecule has 0 bridgehead atoms. The fourth-order valence-electron chi connectivity index (χ4n) is 1.79. The molecule has 1 aliphatic carbocycles. The highest BCUT2D eigenvalue weighted by atomic mass is 35.5. The van der Waals surface area contributed by atoms with E-state index in [-0.39, 0.29) is 5.78 Å². The second-order valence-electron chi connectivity index (χ2n) is 4.45. The van der Waals surface area contributed by atoms with Gasteiger partial charge in [0, 0.05) is 16.6 Å². The number of hydrogen-bond donors (Lipinski definition) is 0.